The second-order valence-corrected chi connectivity index (χ2v) is 5.78. The topological polar surface area (TPSA) is 49.4 Å². The fourth-order valence-electron chi connectivity index (χ4n) is 1.75. The Labute approximate surface area is 98.6 Å². The maximum Gasteiger partial charge on any atom is 0.279 e. The lowest BCUT2D eigenvalue weighted by molar-refractivity contribution is 0.341. The van der Waals surface area contributed by atoms with Crippen molar-refractivity contribution < 1.29 is 8.42 Å². The fourth-order valence-corrected chi connectivity index (χ4v) is 3.07. The van der Waals surface area contributed by atoms with E-state index in [0.717, 1.165) is 32.1 Å². The first kappa shape index (κ1) is 13.5. The summed E-state index contributed by atoms with van der Waals surface area (Å²) in [7, 11) is -3.24. The van der Waals surface area contributed by atoms with E-state index in [1.807, 2.05) is 0 Å². The molecule has 1 aliphatic heterocycles. The molecule has 1 rings (SSSR count). The molecule has 1 N–H and O–H groups in total. The Kier molecular flexibility index (Phi) is 5.81. The first-order valence-corrected chi connectivity index (χ1v) is 7.29. The zero-order valence-corrected chi connectivity index (χ0v) is 10.4. The molecule has 1 saturated heterocycles. The van der Waals surface area contributed by atoms with E-state index in [2.05, 4.69) is 10.6 Å². The molecule has 0 radical (unpaired) electrons. The largest absolute Gasteiger partial charge is 0.279 e. The number of hydrogen-bond acceptors (Lipinski definition) is 2. The van der Waals surface area contributed by atoms with E-state index in [1.165, 1.54) is 4.31 Å². The maximum absolute atomic E-state index is 11.8. The van der Waals surface area contributed by atoms with Crippen LogP contribution in [0.5, 0.6) is 0 Å². The number of unbranched alkanes of at least 4 members (excludes halogenated alkanes) is 2. The van der Waals surface area contributed by atoms with Gasteiger partial charge >= 0.3 is 0 Å². The molecule has 0 aromatic carbocycles. The molecule has 0 amide bonds. The van der Waals surface area contributed by atoms with Gasteiger partial charge in [0, 0.05) is 26.1 Å². The number of hydrogen-bond donors (Lipinski definition) is 1. The van der Waals surface area contributed by atoms with Crippen LogP contribution in [0.1, 0.15) is 38.5 Å². The van der Waals surface area contributed by atoms with Gasteiger partial charge < -0.3 is 0 Å². The first-order valence-electron chi connectivity index (χ1n) is 5.85. The Morgan fingerprint density at radius 2 is 1.88 bits per heavy atom. The molecular weight excluding hydrogens is 224 g/mol. The minimum atomic E-state index is -3.24. The summed E-state index contributed by atoms with van der Waals surface area (Å²) in [5, 5.41) is 0. The lowest BCUT2D eigenvalue weighted by atomic mass is 10.2. The molecule has 0 spiro atoms. The summed E-state index contributed by atoms with van der Waals surface area (Å²) in [5.41, 5.74) is 0. The summed E-state index contributed by atoms with van der Waals surface area (Å²) in [6.45, 7) is 1.79. The van der Waals surface area contributed by atoms with Gasteiger partial charge in [-0.05, 0) is 25.7 Å². The third kappa shape index (κ3) is 4.52. The van der Waals surface area contributed by atoms with Crippen LogP contribution in [0.3, 0.4) is 0 Å². The Morgan fingerprint density at radius 3 is 2.50 bits per heavy atom. The Hall–Kier alpha value is -0.570. The highest BCUT2D eigenvalue weighted by atomic mass is 32.2. The van der Waals surface area contributed by atoms with Gasteiger partial charge in [0.25, 0.3) is 10.2 Å². The number of piperidine rings is 1. The summed E-state index contributed by atoms with van der Waals surface area (Å²) >= 11 is 0. The number of terminal acetylenes is 1. The number of nitrogens with zero attached hydrogens (tertiary/aromatic N) is 1. The molecule has 0 bridgehead atoms. The van der Waals surface area contributed by atoms with E-state index in [1.54, 1.807) is 0 Å². The molecule has 4 nitrogen and oxygen atoms in total. The minimum absolute atomic E-state index is 0.487. The number of rotatable bonds is 6. The zero-order valence-electron chi connectivity index (χ0n) is 9.61. The lowest BCUT2D eigenvalue weighted by Gasteiger charge is -2.25. The molecule has 0 unspecified atom stereocenters. The van der Waals surface area contributed by atoms with Crippen molar-refractivity contribution in [3.8, 4) is 12.3 Å². The van der Waals surface area contributed by atoms with Crippen molar-refractivity contribution in [2.45, 2.75) is 38.5 Å². The summed E-state index contributed by atoms with van der Waals surface area (Å²) in [6.07, 6.45) is 10.6. The van der Waals surface area contributed by atoms with Crippen LogP contribution in [0, 0.1) is 12.3 Å². The van der Waals surface area contributed by atoms with Gasteiger partial charge in [-0.15, -0.1) is 12.3 Å². The normalized spacial score (nSPS) is 18.2. The van der Waals surface area contributed by atoms with Gasteiger partial charge in [0.15, 0.2) is 0 Å². The second kappa shape index (κ2) is 6.89. The van der Waals surface area contributed by atoms with Crippen LogP contribution in [0.25, 0.3) is 0 Å². The lowest BCUT2D eigenvalue weighted by Crippen LogP contribution is -2.43. The Bertz CT molecular complexity index is 326. The quantitative estimate of drug-likeness (QED) is 0.562. The predicted molar refractivity (Wildman–Crippen MR) is 65.0 cm³/mol. The molecule has 0 aliphatic carbocycles. The van der Waals surface area contributed by atoms with Crippen LogP contribution in [-0.4, -0.2) is 32.4 Å². The van der Waals surface area contributed by atoms with Crippen LogP contribution < -0.4 is 4.72 Å². The molecule has 1 fully saturated rings. The van der Waals surface area contributed by atoms with Crippen molar-refractivity contribution in [1.29, 1.82) is 0 Å². The molecule has 0 aromatic rings. The van der Waals surface area contributed by atoms with E-state index >= 15 is 0 Å². The van der Waals surface area contributed by atoms with E-state index in [4.69, 9.17) is 6.42 Å². The van der Waals surface area contributed by atoms with Crippen LogP contribution in [0.2, 0.25) is 0 Å². The average molecular weight is 244 g/mol. The van der Waals surface area contributed by atoms with Gasteiger partial charge in [0.1, 0.15) is 0 Å². The van der Waals surface area contributed by atoms with Gasteiger partial charge in [0.05, 0.1) is 0 Å². The monoisotopic (exact) mass is 244 g/mol. The highest BCUT2D eigenvalue weighted by Gasteiger charge is 2.22. The molecule has 16 heavy (non-hydrogen) atoms. The first-order chi connectivity index (χ1) is 7.67. The summed E-state index contributed by atoms with van der Waals surface area (Å²) in [4.78, 5) is 0. The highest BCUT2D eigenvalue weighted by molar-refractivity contribution is 7.87. The van der Waals surface area contributed by atoms with Gasteiger partial charge in [0.2, 0.25) is 0 Å². The molecule has 0 saturated carbocycles. The van der Waals surface area contributed by atoms with Crippen molar-refractivity contribution in [3.63, 3.8) is 0 Å². The molecule has 5 heteroatoms. The summed E-state index contributed by atoms with van der Waals surface area (Å²) < 4.78 is 27.7. The van der Waals surface area contributed by atoms with Crippen LogP contribution >= 0.6 is 0 Å². The molecule has 0 aromatic heterocycles. The van der Waals surface area contributed by atoms with Crippen molar-refractivity contribution in [2.24, 2.45) is 0 Å². The van der Waals surface area contributed by atoms with Gasteiger partial charge in [-0.1, -0.05) is 6.42 Å². The summed E-state index contributed by atoms with van der Waals surface area (Å²) in [6, 6.07) is 0. The van der Waals surface area contributed by atoms with Crippen LogP contribution in [0.4, 0.5) is 0 Å². The smallest absolute Gasteiger partial charge is 0.202 e. The third-order valence-electron chi connectivity index (χ3n) is 2.69. The van der Waals surface area contributed by atoms with E-state index in [0.29, 0.717) is 26.1 Å². The Balaban J connectivity index is 2.25. The highest BCUT2D eigenvalue weighted by Crippen LogP contribution is 2.11. The van der Waals surface area contributed by atoms with Crippen LogP contribution in [-0.2, 0) is 10.2 Å². The minimum Gasteiger partial charge on any atom is -0.202 e. The van der Waals surface area contributed by atoms with Crippen molar-refractivity contribution in [2.75, 3.05) is 19.6 Å². The van der Waals surface area contributed by atoms with E-state index in [9.17, 15) is 8.42 Å². The summed E-state index contributed by atoms with van der Waals surface area (Å²) in [5.74, 6) is 2.54. The SMILES string of the molecule is C#CCCCCNS(=O)(=O)N1CCCCC1. The number of nitrogens with one attached hydrogen (secondary N) is 1. The molecule has 1 aliphatic rings. The van der Waals surface area contributed by atoms with Gasteiger partial charge in [-0.3, -0.25) is 0 Å². The van der Waals surface area contributed by atoms with Gasteiger partial charge in [-0.25, -0.2) is 4.72 Å². The second-order valence-electron chi connectivity index (χ2n) is 4.02. The van der Waals surface area contributed by atoms with Crippen LogP contribution in [0.15, 0.2) is 0 Å². The molecule has 0 atom stereocenters. The maximum atomic E-state index is 11.8. The molecule has 92 valence electrons. The average Bonchev–Trinajstić information content (AvgIpc) is 2.30. The van der Waals surface area contributed by atoms with E-state index < -0.39 is 10.2 Å². The Morgan fingerprint density at radius 1 is 1.19 bits per heavy atom. The van der Waals surface area contributed by atoms with Crippen molar-refractivity contribution in [3.05, 3.63) is 0 Å². The predicted octanol–water partition coefficient (Wildman–Crippen LogP) is 1.11. The molecule has 1 heterocycles. The van der Waals surface area contributed by atoms with Crippen molar-refractivity contribution in [1.82, 2.24) is 9.03 Å². The van der Waals surface area contributed by atoms with E-state index in [-0.39, 0.29) is 0 Å². The van der Waals surface area contributed by atoms with Gasteiger partial charge in [-0.2, -0.15) is 12.7 Å². The van der Waals surface area contributed by atoms with Crippen molar-refractivity contribution >= 4 is 10.2 Å². The zero-order chi connectivity index (χ0) is 11.9. The third-order valence-corrected chi connectivity index (χ3v) is 4.30. The standard InChI is InChI=1S/C11H20N2O2S/c1-2-3-4-6-9-12-16(14,15)13-10-7-5-8-11-13/h1,12H,3-11H2. The molecular formula is C11H20N2O2S. The fraction of sp³-hybridized carbons (Fsp3) is 0.818.